The first kappa shape index (κ1) is 8.87. The van der Waals surface area contributed by atoms with Crippen LogP contribution in [0.25, 0.3) is 0 Å². The van der Waals surface area contributed by atoms with Crippen LogP contribution in [0.15, 0.2) is 0 Å². The van der Waals surface area contributed by atoms with Gasteiger partial charge in [-0.25, -0.2) is 0 Å². The Morgan fingerprint density at radius 1 is 0.875 bits per heavy atom. The molecule has 0 fully saturated rings. The van der Waals surface area contributed by atoms with Gasteiger partial charge < -0.3 is 0 Å². The van der Waals surface area contributed by atoms with E-state index in [0.29, 0.717) is 0 Å². The molecule has 0 nitrogen and oxygen atoms in total. The number of hydrogen-bond acceptors (Lipinski definition) is 0. The Morgan fingerprint density at radius 2 is 1.12 bits per heavy atom. The van der Waals surface area contributed by atoms with E-state index in [1.165, 1.54) is 41.0 Å². The molecule has 0 aromatic rings. The topological polar surface area (TPSA) is 0 Å². The van der Waals surface area contributed by atoms with Crippen molar-refractivity contribution in [3.63, 3.8) is 0 Å². The zero-order valence-corrected chi connectivity index (χ0v) is 14.6. The third-order valence-electron chi connectivity index (χ3n) is 2.56. The summed E-state index contributed by atoms with van der Waals surface area (Å²) < 4.78 is 0. The van der Waals surface area contributed by atoms with Gasteiger partial charge in [0, 0.05) is 41.0 Å². The second-order valence-corrected chi connectivity index (χ2v) is 7.11. The Morgan fingerprint density at radius 3 is 1.12 bits per heavy atom. The molecule has 0 aromatic carbocycles. The highest BCUT2D eigenvalue weighted by atomic mass is 28.2. The number of rotatable bonds is 3. The molecule has 0 unspecified atom stereocenters. The molecule has 4 heteroatoms. The highest BCUT2D eigenvalue weighted by molar-refractivity contribution is 6.29. The van der Waals surface area contributed by atoms with Crippen LogP contribution in [0, 0.1) is 0 Å². The Labute approximate surface area is 64.5 Å². The second kappa shape index (κ2) is 3.81. The van der Waals surface area contributed by atoms with Gasteiger partial charge in [0.05, 0.1) is 0 Å². The summed E-state index contributed by atoms with van der Waals surface area (Å²) in [7, 11) is 5.81. The van der Waals surface area contributed by atoms with Crippen molar-refractivity contribution in [1.82, 2.24) is 0 Å². The molecule has 0 spiro atoms. The van der Waals surface area contributed by atoms with Crippen LogP contribution in [-0.2, 0) is 0 Å². The van der Waals surface area contributed by atoms with Gasteiger partial charge >= 0.3 is 0 Å². The molecule has 0 heterocycles. The normalized spacial score (nSPS) is 19.5. The van der Waals surface area contributed by atoms with E-state index in [0.717, 1.165) is 5.04 Å². The molecule has 0 N–H and O–H groups in total. The first-order chi connectivity index (χ1) is 3.68. The van der Waals surface area contributed by atoms with Crippen molar-refractivity contribution in [2.24, 2.45) is 0 Å². The number of hydrogen-bond donors (Lipinski definition) is 0. The molecule has 0 bridgehead atoms. The van der Waals surface area contributed by atoms with Gasteiger partial charge in [-0.05, 0) is 0 Å². The van der Waals surface area contributed by atoms with Crippen molar-refractivity contribution in [2.75, 3.05) is 0 Å². The summed E-state index contributed by atoms with van der Waals surface area (Å²) in [5.74, 6) is 0. The van der Waals surface area contributed by atoms with E-state index in [1.807, 2.05) is 0 Å². The monoisotopic (exact) mass is 178 g/mol. The van der Waals surface area contributed by atoms with Crippen LogP contribution in [0.3, 0.4) is 0 Å². The predicted molar refractivity (Wildman–Crippen MR) is 56.9 cm³/mol. The van der Waals surface area contributed by atoms with Crippen molar-refractivity contribution >= 4 is 41.0 Å². The minimum atomic E-state index is 0.949. The summed E-state index contributed by atoms with van der Waals surface area (Å²) >= 11 is 0. The lowest BCUT2D eigenvalue weighted by atomic mass is 10.2. The van der Waals surface area contributed by atoms with Gasteiger partial charge in [-0.1, -0.05) is 23.2 Å². The largest absolute Gasteiger partial charge is 0.0641 e. The summed E-state index contributed by atoms with van der Waals surface area (Å²) in [6.07, 6.45) is 0. The molecule has 0 aliphatic heterocycles. The van der Waals surface area contributed by atoms with Gasteiger partial charge in [0.1, 0.15) is 0 Å². The SMILES string of the molecule is [SiH3]CC([SiH3])(C[SiH3])C[SiH3]. The third kappa shape index (κ3) is 2.43. The van der Waals surface area contributed by atoms with Crippen LogP contribution in [-0.4, -0.2) is 41.0 Å². The predicted octanol–water partition coefficient (Wildman–Crippen LogP) is -3.14. The van der Waals surface area contributed by atoms with Crippen LogP contribution in [0.2, 0.25) is 23.2 Å². The fourth-order valence-corrected chi connectivity index (χ4v) is 6.75. The quantitative estimate of drug-likeness (QED) is 0.401. The Balaban J connectivity index is 3.58. The molecule has 0 aromatic heterocycles. The maximum absolute atomic E-state index is 1.59. The Bertz CT molecular complexity index is 50.8. The summed E-state index contributed by atoms with van der Waals surface area (Å²) in [6.45, 7) is 0. The van der Waals surface area contributed by atoms with Crippen LogP contribution >= 0.6 is 0 Å². The molecule has 50 valence electrons. The second-order valence-electron chi connectivity index (χ2n) is 2.87. The lowest BCUT2D eigenvalue weighted by molar-refractivity contribution is 0.762. The molecule has 0 rings (SSSR count). The Kier molecular flexibility index (Phi) is 4.22. The highest BCUT2D eigenvalue weighted by Crippen LogP contribution is 2.32. The molecular weight excluding hydrogens is 160 g/mol. The van der Waals surface area contributed by atoms with E-state index in [1.54, 1.807) is 18.1 Å². The van der Waals surface area contributed by atoms with E-state index in [-0.39, 0.29) is 0 Å². The van der Waals surface area contributed by atoms with Crippen LogP contribution in [0.5, 0.6) is 0 Å². The zero-order valence-electron chi connectivity index (χ0n) is 6.62. The van der Waals surface area contributed by atoms with Crippen LogP contribution in [0.1, 0.15) is 0 Å². The Hall–Kier alpha value is 0.868. The van der Waals surface area contributed by atoms with E-state index >= 15 is 0 Å². The molecule has 0 saturated heterocycles. The van der Waals surface area contributed by atoms with Crippen molar-refractivity contribution in [3.05, 3.63) is 0 Å². The van der Waals surface area contributed by atoms with E-state index < -0.39 is 0 Å². The molecule has 0 aliphatic carbocycles. The molecule has 0 saturated carbocycles. The summed E-state index contributed by atoms with van der Waals surface area (Å²) in [5.41, 5.74) is 0. The van der Waals surface area contributed by atoms with Crippen molar-refractivity contribution < 1.29 is 0 Å². The van der Waals surface area contributed by atoms with Gasteiger partial charge in [0.25, 0.3) is 0 Å². The van der Waals surface area contributed by atoms with Gasteiger partial charge in [-0.2, -0.15) is 0 Å². The highest BCUT2D eigenvalue weighted by Gasteiger charge is 2.15. The summed E-state index contributed by atoms with van der Waals surface area (Å²) in [4.78, 5) is 0. The maximum atomic E-state index is 1.59. The smallest absolute Gasteiger partial charge is 0.00945 e. The minimum absolute atomic E-state index is 0.949. The first-order valence-corrected chi connectivity index (χ1v) is 8.92. The fraction of sp³-hybridized carbons (Fsp3) is 1.00. The minimum Gasteiger partial charge on any atom is -0.0641 e. The van der Waals surface area contributed by atoms with Crippen molar-refractivity contribution in [3.8, 4) is 0 Å². The van der Waals surface area contributed by atoms with Gasteiger partial charge in [-0.3, -0.25) is 0 Å². The zero-order chi connectivity index (χ0) is 6.62. The maximum Gasteiger partial charge on any atom is 0.00945 e. The van der Waals surface area contributed by atoms with Crippen molar-refractivity contribution in [2.45, 2.75) is 23.2 Å². The summed E-state index contributed by atoms with van der Waals surface area (Å²) in [5, 5.41) is 0.949. The summed E-state index contributed by atoms with van der Waals surface area (Å²) in [6, 6.07) is 4.77. The molecule has 0 aliphatic rings. The molecule has 8 heavy (non-hydrogen) atoms. The van der Waals surface area contributed by atoms with Crippen LogP contribution in [0.4, 0.5) is 0 Å². The van der Waals surface area contributed by atoms with E-state index in [2.05, 4.69) is 0 Å². The standard InChI is InChI=1S/C4H18Si4/c5-1-4(8,2-6)3-7/h1-3H2,5-8H3. The third-order valence-corrected chi connectivity index (χ3v) is 14.0. The average Bonchev–Trinajstić information content (AvgIpc) is 1.87. The fourth-order valence-electron chi connectivity index (χ4n) is 0.750. The lowest BCUT2D eigenvalue weighted by Gasteiger charge is -2.24. The van der Waals surface area contributed by atoms with Gasteiger partial charge in [-0.15, -0.1) is 0 Å². The van der Waals surface area contributed by atoms with Crippen molar-refractivity contribution in [1.29, 1.82) is 0 Å². The van der Waals surface area contributed by atoms with E-state index in [9.17, 15) is 0 Å². The van der Waals surface area contributed by atoms with Gasteiger partial charge in [0.2, 0.25) is 0 Å². The average molecular weight is 179 g/mol. The molecule has 0 radical (unpaired) electrons. The molecule has 0 amide bonds. The molecular formula is C4H18Si4. The lowest BCUT2D eigenvalue weighted by Crippen LogP contribution is -2.10. The van der Waals surface area contributed by atoms with E-state index in [4.69, 9.17) is 0 Å². The van der Waals surface area contributed by atoms with Crippen LogP contribution < -0.4 is 0 Å². The molecule has 0 atom stereocenters. The van der Waals surface area contributed by atoms with Gasteiger partial charge in [0.15, 0.2) is 0 Å². The first-order valence-electron chi connectivity index (χ1n) is 3.68.